The number of hydrogen-bond donors (Lipinski definition) is 0. The number of para-hydroxylation sites is 4. The van der Waals surface area contributed by atoms with E-state index in [1.165, 1.54) is 27.4 Å². The Kier molecular flexibility index (Phi) is 7.80. The van der Waals surface area contributed by atoms with Crippen LogP contribution in [-0.4, -0.2) is 24.1 Å². The minimum Gasteiger partial charge on any atom is -0.456 e. The fourth-order valence-corrected chi connectivity index (χ4v) is 9.59. The van der Waals surface area contributed by atoms with Gasteiger partial charge in [0.05, 0.1) is 22.1 Å². The molecule has 0 fully saturated rings. The van der Waals surface area contributed by atoms with Crippen LogP contribution in [0, 0.1) is 0 Å². The number of furan rings is 1. The number of fused-ring (bicyclic) bond motifs is 9. The molecule has 13 rings (SSSR count). The highest BCUT2D eigenvalue weighted by molar-refractivity contribution is 6.17. The van der Waals surface area contributed by atoms with Crippen molar-refractivity contribution in [2.75, 3.05) is 0 Å². The number of benzene rings is 9. The highest BCUT2D eigenvalue weighted by atomic mass is 16.3. The second kappa shape index (κ2) is 14.0. The van der Waals surface area contributed by atoms with Crippen LogP contribution in [0.25, 0.3) is 122 Å². The van der Waals surface area contributed by atoms with Gasteiger partial charge >= 0.3 is 0 Å². The SMILES string of the molecule is c1ccc(-c2nc(-c3ccccc3)nc(-n3c4ccccc4c4cc(-c5cccc6oc7ccc(-c8cccc9c%10ccccc%10n(-c%10ccccc%10)c89)cc7c56)ccc43)n2)cc1. The summed E-state index contributed by atoms with van der Waals surface area (Å²) in [7, 11) is 0. The van der Waals surface area contributed by atoms with Crippen LogP contribution in [0.15, 0.2) is 217 Å². The van der Waals surface area contributed by atoms with Crippen LogP contribution in [0.3, 0.4) is 0 Å². The van der Waals surface area contributed by atoms with Crippen LogP contribution >= 0.6 is 0 Å². The molecule has 6 nitrogen and oxygen atoms in total. The Bertz CT molecular complexity index is 3850. The zero-order valence-corrected chi connectivity index (χ0v) is 33.9. The highest BCUT2D eigenvalue weighted by Crippen LogP contribution is 2.43. The van der Waals surface area contributed by atoms with E-state index in [-0.39, 0.29) is 0 Å². The average Bonchev–Trinajstić information content (AvgIpc) is 4.02. The minimum atomic E-state index is 0.568. The number of rotatable bonds is 6. The molecule has 0 atom stereocenters. The maximum absolute atomic E-state index is 6.62. The molecule has 4 aromatic heterocycles. The molecule has 4 heterocycles. The lowest BCUT2D eigenvalue weighted by atomic mass is 9.96. The van der Waals surface area contributed by atoms with E-state index in [9.17, 15) is 0 Å². The Morgan fingerprint density at radius 1 is 0.333 bits per heavy atom. The summed E-state index contributed by atoms with van der Waals surface area (Å²) < 4.78 is 11.2. The van der Waals surface area contributed by atoms with Gasteiger partial charge in [0, 0.05) is 54.7 Å². The molecule has 0 aliphatic heterocycles. The Hall–Kier alpha value is -8.61. The van der Waals surface area contributed by atoms with Gasteiger partial charge in [-0.15, -0.1) is 0 Å². The standard InChI is InChI=1S/C57H35N5O/c1-4-16-36(17-5-1)55-58-56(37-18-6-2-7-19-37)60-57(59-55)62-49-28-13-11-23-44(49)46-34-38(30-32-50(46)62)41-24-15-29-52-53(41)47-35-39(31-33-51(47)63-52)42-25-14-26-45-43-22-10-12-27-48(43)61(54(42)45)40-20-8-3-9-21-40/h1-35H. The molecule has 0 aliphatic carbocycles. The zero-order chi connectivity index (χ0) is 41.4. The van der Waals surface area contributed by atoms with E-state index in [0.717, 1.165) is 77.2 Å². The minimum absolute atomic E-state index is 0.568. The second-order valence-corrected chi connectivity index (χ2v) is 16.0. The van der Waals surface area contributed by atoms with Gasteiger partial charge in [-0.1, -0.05) is 158 Å². The number of hydrogen-bond acceptors (Lipinski definition) is 4. The van der Waals surface area contributed by atoms with Crippen molar-refractivity contribution in [2.24, 2.45) is 0 Å². The Labute approximate surface area is 361 Å². The van der Waals surface area contributed by atoms with Gasteiger partial charge in [-0.05, 0) is 71.3 Å². The first-order valence-corrected chi connectivity index (χ1v) is 21.2. The maximum Gasteiger partial charge on any atom is 0.238 e. The van der Waals surface area contributed by atoms with Crippen LogP contribution in [0.1, 0.15) is 0 Å². The molecule has 63 heavy (non-hydrogen) atoms. The smallest absolute Gasteiger partial charge is 0.238 e. The highest BCUT2D eigenvalue weighted by Gasteiger charge is 2.21. The molecule has 0 saturated heterocycles. The van der Waals surface area contributed by atoms with E-state index in [4.69, 9.17) is 19.4 Å². The van der Waals surface area contributed by atoms with Gasteiger partial charge < -0.3 is 8.98 Å². The molecule has 0 N–H and O–H groups in total. The predicted molar refractivity (Wildman–Crippen MR) is 258 cm³/mol. The van der Waals surface area contributed by atoms with Crippen molar-refractivity contribution in [3.63, 3.8) is 0 Å². The molecule has 0 bridgehead atoms. The van der Waals surface area contributed by atoms with Crippen molar-refractivity contribution in [2.45, 2.75) is 0 Å². The molecule has 0 spiro atoms. The lowest BCUT2D eigenvalue weighted by Crippen LogP contribution is -2.06. The summed E-state index contributed by atoms with van der Waals surface area (Å²) >= 11 is 0. The van der Waals surface area contributed by atoms with E-state index in [1.807, 2.05) is 60.7 Å². The summed E-state index contributed by atoms with van der Waals surface area (Å²) in [4.78, 5) is 15.2. The Morgan fingerprint density at radius 3 is 1.60 bits per heavy atom. The van der Waals surface area contributed by atoms with Gasteiger partial charge in [0.15, 0.2) is 11.6 Å². The largest absolute Gasteiger partial charge is 0.456 e. The van der Waals surface area contributed by atoms with E-state index in [2.05, 4.69) is 161 Å². The van der Waals surface area contributed by atoms with Crippen molar-refractivity contribution < 1.29 is 4.42 Å². The fourth-order valence-electron chi connectivity index (χ4n) is 9.59. The third-order valence-corrected chi connectivity index (χ3v) is 12.4. The van der Waals surface area contributed by atoms with Crippen molar-refractivity contribution in [1.29, 1.82) is 0 Å². The summed E-state index contributed by atoms with van der Waals surface area (Å²) in [6.45, 7) is 0. The van der Waals surface area contributed by atoms with Crippen LogP contribution < -0.4 is 0 Å². The molecule has 0 unspecified atom stereocenters. The van der Waals surface area contributed by atoms with E-state index >= 15 is 0 Å². The number of aromatic nitrogens is 5. The molecule has 0 aliphatic rings. The number of nitrogens with zero attached hydrogens (tertiary/aromatic N) is 5. The molecule has 0 radical (unpaired) electrons. The van der Waals surface area contributed by atoms with Crippen LogP contribution in [-0.2, 0) is 0 Å². The maximum atomic E-state index is 6.62. The van der Waals surface area contributed by atoms with Crippen molar-refractivity contribution >= 4 is 65.6 Å². The lowest BCUT2D eigenvalue weighted by Gasteiger charge is -2.12. The summed E-state index contributed by atoms with van der Waals surface area (Å²) in [5.74, 6) is 1.81. The molecule has 0 amide bonds. The molecule has 0 saturated carbocycles. The Morgan fingerprint density at radius 2 is 0.873 bits per heavy atom. The monoisotopic (exact) mass is 805 g/mol. The zero-order valence-electron chi connectivity index (χ0n) is 33.9. The van der Waals surface area contributed by atoms with Crippen LogP contribution in [0.2, 0.25) is 0 Å². The molecule has 294 valence electrons. The third kappa shape index (κ3) is 5.55. The molecular formula is C57H35N5O. The van der Waals surface area contributed by atoms with Crippen molar-refractivity contribution in [1.82, 2.24) is 24.1 Å². The van der Waals surface area contributed by atoms with Crippen molar-refractivity contribution in [3.05, 3.63) is 212 Å². The van der Waals surface area contributed by atoms with Gasteiger partial charge in [-0.3, -0.25) is 4.57 Å². The predicted octanol–water partition coefficient (Wildman–Crippen LogP) is 14.6. The van der Waals surface area contributed by atoms with E-state index < -0.39 is 0 Å². The first-order chi connectivity index (χ1) is 31.2. The van der Waals surface area contributed by atoms with Gasteiger partial charge in [0.25, 0.3) is 0 Å². The van der Waals surface area contributed by atoms with Gasteiger partial charge in [0.1, 0.15) is 11.2 Å². The quantitative estimate of drug-likeness (QED) is 0.168. The fraction of sp³-hybridized carbons (Fsp3) is 0. The summed E-state index contributed by atoms with van der Waals surface area (Å²) in [5, 5.41) is 6.85. The van der Waals surface area contributed by atoms with E-state index in [1.54, 1.807) is 0 Å². The molecular weight excluding hydrogens is 771 g/mol. The first kappa shape index (κ1) is 35.2. The Balaban J connectivity index is 1.00. The average molecular weight is 806 g/mol. The van der Waals surface area contributed by atoms with Gasteiger partial charge in [-0.2, -0.15) is 9.97 Å². The molecule has 13 aromatic rings. The molecule has 6 heteroatoms. The van der Waals surface area contributed by atoms with E-state index in [0.29, 0.717) is 17.6 Å². The second-order valence-electron chi connectivity index (χ2n) is 16.0. The summed E-state index contributed by atoms with van der Waals surface area (Å²) in [5.41, 5.74) is 13.6. The summed E-state index contributed by atoms with van der Waals surface area (Å²) in [6.07, 6.45) is 0. The summed E-state index contributed by atoms with van der Waals surface area (Å²) in [6, 6.07) is 74.5. The molecule has 9 aromatic carbocycles. The lowest BCUT2D eigenvalue weighted by molar-refractivity contribution is 0.669. The normalized spacial score (nSPS) is 11.8. The van der Waals surface area contributed by atoms with Crippen LogP contribution in [0.4, 0.5) is 0 Å². The van der Waals surface area contributed by atoms with Crippen molar-refractivity contribution in [3.8, 4) is 56.7 Å². The van der Waals surface area contributed by atoms with Gasteiger partial charge in [0.2, 0.25) is 5.95 Å². The van der Waals surface area contributed by atoms with Crippen LogP contribution in [0.5, 0.6) is 0 Å². The first-order valence-electron chi connectivity index (χ1n) is 21.2. The van der Waals surface area contributed by atoms with Gasteiger partial charge in [-0.25, -0.2) is 4.98 Å². The third-order valence-electron chi connectivity index (χ3n) is 12.4. The topological polar surface area (TPSA) is 61.7 Å².